The summed E-state index contributed by atoms with van der Waals surface area (Å²) in [6.07, 6.45) is 3.12. The number of para-hydroxylation sites is 1. The summed E-state index contributed by atoms with van der Waals surface area (Å²) in [6.45, 7) is 1.36. The van der Waals surface area contributed by atoms with Gasteiger partial charge in [0.05, 0.1) is 23.0 Å². The van der Waals surface area contributed by atoms with Crippen molar-refractivity contribution in [3.05, 3.63) is 65.2 Å². The smallest absolute Gasteiger partial charge is 0.247 e. The number of amides is 2. The summed E-state index contributed by atoms with van der Waals surface area (Å²) in [5, 5.41) is 9.80. The average molecular weight is 457 g/mol. The Bertz CT molecular complexity index is 931. The topological polar surface area (TPSA) is 78.9 Å². The lowest BCUT2D eigenvalue weighted by atomic mass is 9.76. The first-order valence-corrected chi connectivity index (χ1v) is 11.6. The summed E-state index contributed by atoms with van der Waals surface area (Å²) in [7, 11) is 0. The van der Waals surface area contributed by atoms with Crippen LogP contribution in [0.4, 0.5) is 0 Å². The number of carbonyl (C=O) groups is 2. The van der Waals surface area contributed by atoms with Gasteiger partial charge in [0.25, 0.3) is 0 Å². The molecule has 7 heteroatoms. The molecule has 2 aromatic carbocycles. The number of hydroxylamine groups is 1. The Morgan fingerprint density at radius 3 is 2.31 bits per heavy atom. The maximum absolute atomic E-state index is 13.3. The number of nitrogens with one attached hydrogen (secondary N) is 1. The van der Waals surface area contributed by atoms with E-state index in [1.54, 1.807) is 17.6 Å². The highest BCUT2D eigenvalue weighted by atomic mass is 35.5. The second-order valence-corrected chi connectivity index (χ2v) is 9.09. The highest BCUT2D eigenvalue weighted by Gasteiger charge is 2.42. The summed E-state index contributed by atoms with van der Waals surface area (Å²) in [5.74, 6) is -0.606. The van der Waals surface area contributed by atoms with Crippen LogP contribution in [0.15, 0.2) is 54.6 Å². The van der Waals surface area contributed by atoms with E-state index in [1.807, 2.05) is 35.2 Å². The van der Waals surface area contributed by atoms with Gasteiger partial charge in [-0.25, -0.2) is 5.48 Å². The van der Waals surface area contributed by atoms with Gasteiger partial charge in [0.15, 0.2) is 0 Å². The lowest BCUT2D eigenvalue weighted by Gasteiger charge is -2.39. The zero-order valence-electron chi connectivity index (χ0n) is 18.0. The van der Waals surface area contributed by atoms with Crippen LogP contribution in [-0.4, -0.2) is 41.1 Å². The molecule has 2 aliphatic rings. The first-order valence-electron chi connectivity index (χ1n) is 11.3. The number of hydrogen-bond acceptors (Lipinski definition) is 4. The van der Waals surface area contributed by atoms with E-state index in [2.05, 4.69) is 12.1 Å². The maximum Gasteiger partial charge on any atom is 0.247 e. The molecule has 1 heterocycles. The van der Waals surface area contributed by atoms with Gasteiger partial charge in [-0.1, -0.05) is 54.1 Å². The first-order chi connectivity index (χ1) is 15.6. The number of rotatable bonds is 5. The molecule has 2 aromatic rings. The Balaban J connectivity index is 1.39. The van der Waals surface area contributed by atoms with Gasteiger partial charge < -0.3 is 9.64 Å². The van der Waals surface area contributed by atoms with E-state index >= 15 is 0 Å². The number of halogens is 1. The predicted molar refractivity (Wildman–Crippen MR) is 122 cm³/mol. The zero-order chi connectivity index (χ0) is 22.5. The van der Waals surface area contributed by atoms with Crippen molar-refractivity contribution in [2.45, 2.75) is 44.1 Å². The van der Waals surface area contributed by atoms with Crippen LogP contribution < -0.4 is 10.2 Å². The van der Waals surface area contributed by atoms with Crippen LogP contribution in [0.25, 0.3) is 0 Å². The van der Waals surface area contributed by atoms with Gasteiger partial charge in [0, 0.05) is 13.1 Å². The summed E-state index contributed by atoms with van der Waals surface area (Å²) < 4.78 is 6.03. The molecule has 0 aromatic heterocycles. The molecule has 170 valence electrons. The summed E-state index contributed by atoms with van der Waals surface area (Å²) in [4.78, 5) is 27.7. The molecule has 0 bridgehead atoms. The van der Waals surface area contributed by atoms with E-state index < -0.39 is 17.7 Å². The normalized spacial score (nSPS) is 24.1. The van der Waals surface area contributed by atoms with Crippen molar-refractivity contribution in [1.29, 1.82) is 0 Å². The molecule has 0 unspecified atom stereocenters. The number of hydrogen-bond donors (Lipinski definition) is 2. The molecular formula is C25H29ClN2O4. The monoisotopic (exact) mass is 456 g/mol. The molecule has 4 rings (SSSR count). The fourth-order valence-corrected chi connectivity index (χ4v) is 5.20. The third kappa shape index (κ3) is 5.08. The van der Waals surface area contributed by atoms with Crippen LogP contribution in [0.5, 0.6) is 5.75 Å². The van der Waals surface area contributed by atoms with Gasteiger partial charge in [0.1, 0.15) is 5.75 Å². The maximum atomic E-state index is 13.3. The third-order valence-corrected chi connectivity index (χ3v) is 7.09. The van der Waals surface area contributed by atoms with Crippen molar-refractivity contribution < 1.29 is 19.5 Å². The van der Waals surface area contributed by atoms with Gasteiger partial charge in [-0.2, -0.15) is 0 Å². The van der Waals surface area contributed by atoms with Gasteiger partial charge in [-0.3, -0.25) is 14.8 Å². The predicted octanol–water partition coefficient (Wildman–Crippen LogP) is 4.42. The third-order valence-electron chi connectivity index (χ3n) is 6.77. The molecule has 2 amide bonds. The van der Waals surface area contributed by atoms with E-state index in [1.165, 1.54) is 5.56 Å². The molecule has 0 radical (unpaired) electrons. The Hall–Kier alpha value is -2.57. The Morgan fingerprint density at radius 1 is 0.938 bits per heavy atom. The molecule has 0 spiro atoms. The highest BCUT2D eigenvalue weighted by molar-refractivity contribution is 6.32. The van der Waals surface area contributed by atoms with Crippen molar-refractivity contribution >= 4 is 23.4 Å². The van der Waals surface area contributed by atoms with Gasteiger partial charge >= 0.3 is 0 Å². The van der Waals surface area contributed by atoms with Gasteiger partial charge in [-0.15, -0.1) is 0 Å². The van der Waals surface area contributed by atoms with E-state index in [0.29, 0.717) is 49.0 Å². The fraction of sp³-hybridized carbons (Fsp3) is 0.440. The lowest BCUT2D eigenvalue weighted by molar-refractivity contribution is -0.149. The fourth-order valence-electron chi connectivity index (χ4n) is 5.02. The van der Waals surface area contributed by atoms with E-state index in [9.17, 15) is 14.8 Å². The number of benzene rings is 2. The van der Waals surface area contributed by atoms with E-state index in [4.69, 9.17) is 16.3 Å². The van der Waals surface area contributed by atoms with Crippen LogP contribution >= 0.6 is 11.6 Å². The van der Waals surface area contributed by atoms with E-state index in [-0.39, 0.29) is 12.0 Å². The minimum atomic E-state index is -0.638. The number of ether oxygens (including phenoxy) is 1. The molecule has 32 heavy (non-hydrogen) atoms. The molecule has 6 nitrogen and oxygen atoms in total. The molecular weight excluding hydrogens is 428 g/mol. The number of nitrogens with zero attached hydrogens (tertiary/aromatic N) is 1. The summed E-state index contributed by atoms with van der Waals surface area (Å²) >= 11 is 6.20. The Labute approximate surface area is 193 Å². The quantitative estimate of drug-likeness (QED) is 0.515. The second kappa shape index (κ2) is 10.4. The molecule has 1 saturated heterocycles. The van der Waals surface area contributed by atoms with Crippen molar-refractivity contribution in [2.24, 2.45) is 11.8 Å². The molecule has 1 aliphatic heterocycles. The van der Waals surface area contributed by atoms with Crippen molar-refractivity contribution in [1.82, 2.24) is 10.4 Å². The van der Waals surface area contributed by atoms with Crippen molar-refractivity contribution in [3.63, 3.8) is 0 Å². The SMILES string of the molecule is O=C(NO)[C@H]1C[C@H](Oc2ccccc2Cl)CC[C@@H]1C(=O)N1CCC(c2ccccc2)CC1. The molecule has 2 N–H and O–H groups in total. The van der Waals surface area contributed by atoms with Crippen LogP contribution in [0, 0.1) is 11.8 Å². The minimum Gasteiger partial charge on any atom is -0.489 e. The minimum absolute atomic E-state index is 0.00121. The largest absolute Gasteiger partial charge is 0.489 e. The summed E-state index contributed by atoms with van der Waals surface area (Å²) in [6, 6.07) is 17.6. The first kappa shape index (κ1) is 22.6. The van der Waals surface area contributed by atoms with E-state index in [0.717, 1.165) is 12.8 Å². The van der Waals surface area contributed by atoms with Crippen LogP contribution in [-0.2, 0) is 9.59 Å². The summed E-state index contributed by atoms with van der Waals surface area (Å²) in [5.41, 5.74) is 3.07. The molecule has 2 fully saturated rings. The standard InChI is InChI=1S/C25H29ClN2O4/c26-22-8-4-5-9-23(22)32-19-10-11-20(21(16-19)24(29)27-31)25(30)28-14-12-18(13-15-28)17-6-2-1-3-7-17/h1-9,18-21,31H,10-16H2,(H,27,29)/t19-,20+,21+/m1/s1. The van der Waals surface area contributed by atoms with Crippen LogP contribution in [0.1, 0.15) is 43.6 Å². The van der Waals surface area contributed by atoms with Crippen molar-refractivity contribution in [3.8, 4) is 5.75 Å². The van der Waals surface area contributed by atoms with Crippen LogP contribution in [0.3, 0.4) is 0 Å². The lowest BCUT2D eigenvalue weighted by Crippen LogP contribution is -2.49. The zero-order valence-corrected chi connectivity index (χ0v) is 18.7. The number of piperidine rings is 1. The molecule has 1 saturated carbocycles. The molecule has 1 aliphatic carbocycles. The Kier molecular flexibility index (Phi) is 7.33. The van der Waals surface area contributed by atoms with Gasteiger partial charge in [-0.05, 0) is 55.7 Å². The molecule has 3 atom stereocenters. The average Bonchev–Trinajstić information content (AvgIpc) is 2.85. The highest BCUT2D eigenvalue weighted by Crippen LogP contribution is 2.37. The van der Waals surface area contributed by atoms with Crippen molar-refractivity contribution in [2.75, 3.05) is 13.1 Å². The number of carbonyl (C=O) groups excluding carboxylic acids is 2. The second-order valence-electron chi connectivity index (χ2n) is 8.68. The Morgan fingerprint density at radius 2 is 1.62 bits per heavy atom. The number of likely N-dealkylation sites (tertiary alicyclic amines) is 1. The van der Waals surface area contributed by atoms with Gasteiger partial charge in [0.2, 0.25) is 11.8 Å². The van der Waals surface area contributed by atoms with Crippen LogP contribution in [0.2, 0.25) is 5.02 Å².